The van der Waals surface area contributed by atoms with Crippen molar-refractivity contribution in [3.63, 3.8) is 0 Å². The van der Waals surface area contributed by atoms with Crippen molar-refractivity contribution < 1.29 is 8.78 Å². The molecule has 0 unspecified atom stereocenters. The van der Waals surface area contributed by atoms with Crippen LogP contribution in [-0.2, 0) is 13.6 Å². The van der Waals surface area contributed by atoms with E-state index in [1.165, 1.54) is 0 Å². The molecular weight excluding hydrogens is 264 g/mol. The lowest BCUT2D eigenvalue weighted by atomic mass is 10.3. The molecule has 0 saturated heterocycles. The van der Waals surface area contributed by atoms with Gasteiger partial charge in [0.1, 0.15) is 5.82 Å². The number of nitrogens with zero attached hydrogens (tertiary/aromatic N) is 4. The van der Waals surface area contributed by atoms with Gasteiger partial charge in [-0.3, -0.25) is 0 Å². The highest BCUT2D eigenvalue weighted by atomic mass is 19.1. The first-order valence-electron chi connectivity index (χ1n) is 6.30. The first kappa shape index (κ1) is 14.2. The van der Waals surface area contributed by atoms with Crippen LogP contribution in [0.4, 0.5) is 20.4 Å². The smallest absolute Gasteiger partial charge is 0.168 e. The molecule has 0 bridgehead atoms. The van der Waals surface area contributed by atoms with Crippen molar-refractivity contribution in [2.45, 2.75) is 13.5 Å². The van der Waals surface area contributed by atoms with Crippen LogP contribution in [0, 0.1) is 11.6 Å². The minimum atomic E-state index is -0.696. The van der Waals surface area contributed by atoms with Gasteiger partial charge >= 0.3 is 0 Å². The van der Waals surface area contributed by atoms with Gasteiger partial charge < -0.3 is 14.8 Å². The maximum atomic E-state index is 13.9. The summed E-state index contributed by atoms with van der Waals surface area (Å²) in [5.41, 5.74) is 0. The molecule has 2 aromatic rings. The zero-order chi connectivity index (χ0) is 14.7. The Balaban J connectivity index is 2.27. The van der Waals surface area contributed by atoms with Gasteiger partial charge in [-0.25, -0.2) is 18.7 Å². The van der Waals surface area contributed by atoms with Crippen LogP contribution in [0.3, 0.4) is 0 Å². The predicted molar refractivity (Wildman–Crippen MR) is 73.6 cm³/mol. The van der Waals surface area contributed by atoms with E-state index in [0.717, 1.165) is 11.9 Å². The second-order valence-corrected chi connectivity index (χ2v) is 4.46. The number of aryl methyl sites for hydroxylation is 1. The van der Waals surface area contributed by atoms with Crippen molar-refractivity contribution in [2.75, 3.05) is 23.8 Å². The van der Waals surface area contributed by atoms with Gasteiger partial charge in [-0.05, 0) is 6.92 Å². The average molecular weight is 281 g/mol. The molecule has 108 valence electrons. The fraction of sp³-hybridized carbons (Fsp3) is 0.385. The monoisotopic (exact) mass is 281 g/mol. The van der Waals surface area contributed by atoms with Crippen molar-refractivity contribution in [1.29, 1.82) is 0 Å². The predicted octanol–water partition coefficient (Wildman–Crippen LogP) is 2.16. The van der Waals surface area contributed by atoms with E-state index >= 15 is 0 Å². The fourth-order valence-corrected chi connectivity index (χ4v) is 1.85. The van der Waals surface area contributed by atoms with E-state index in [9.17, 15) is 8.78 Å². The van der Waals surface area contributed by atoms with Crippen molar-refractivity contribution in [2.24, 2.45) is 7.05 Å². The van der Waals surface area contributed by atoms with E-state index in [0.29, 0.717) is 13.1 Å². The van der Waals surface area contributed by atoms with Crippen LogP contribution in [0.5, 0.6) is 0 Å². The van der Waals surface area contributed by atoms with Crippen LogP contribution in [0.15, 0.2) is 18.5 Å². The molecule has 0 spiro atoms. The number of hydrogen-bond acceptors (Lipinski definition) is 4. The summed E-state index contributed by atoms with van der Waals surface area (Å²) in [7, 11) is 3.54. The normalized spacial score (nSPS) is 10.7. The Morgan fingerprint density at radius 2 is 2.10 bits per heavy atom. The number of anilines is 2. The van der Waals surface area contributed by atoms with Gasteiger partial charge in [-0.1, -0.05) is 0 Å². The molecule has 2 aromatic heterocycles. The van der Waals surface area contributed by atoms with Crippen LogP contribution in [0.25, 0.3) is 0 Å². The van der Waals surface area contributed by atoms with Crippen molar-refractivity contribution in [3.8, 4) is 0 Å². The largest absolute Gasteiger partial charge is 0.368 e. The average Bonchev–Trinajstić information content (AvgIpc) is 2.78. The summed E-state index contributed by atoms with van der Waals surface area (Å²) in [6.45, 7) is 2.71. The van der Waals surface area contributed by atoms with E-state index in [2.05, 4.69) is 15.3 Å². The zero-order valence-electron chi connectivity index (χ0n) is 11.7. The number of pyridine rings is 1. The summed E-state index contributed by atoms with van der Waals surface area (Å²) >= 11 is 0. The van der Waals surface area contributed by atoms with Gasteiger partial charge in [0.05, 0.1) is 6.54 Å². The molecule has 7 heteroatoms. The summed E-state index contributed by atoms with van der Waals surface area (Å²) in [5.74, 6) is -0.483. The fourth-order valence-electron chi connectivity index (χ4n) is 1.85. The van der Waals surface area contributed by atoms with E-state index in [1.54, 1.807) is 18.1 Å². The van der Waals surface area contributed by atoms with Crippen LogP contribution in [-0.4, -0.2) is 28.1 Å². The summed E-state index contributed by atoms with van der Waals surface area (Å²) in [6.07, 6.45) is 3.48. The Hall–Kier alpha value is -2.18. The number of nitrogens with one attached hydrogen (secondary N) is 1. The highest BCUT2D eigenvalue weighted by molar-refractivity contribution is 5.48. The van der Waals surface area contributed by atoms with E-state index in [1.807, 2.05) is 24.7 Å². The summed E-state index contributed by atoms with van der Waals surface area (Å²) in [6, 6.07) is 0.843. The van der Waals surface area contributed by atoms with Gasteiger partial charge in [-0.2, -0.15) is 0 Å². The van der Waals surface area contributed by atoms with Crippen molar-refractivity contribution in [1.82, 2.24) is 14.5 Å². The Morgan fingerprint density at radius 1 is 1.35 bits per heavy atom. The Morgan fingerprint density at radius 3 is 2.70 bits per heavy atom. The van der Waals surface area contributed by atoms with Crippen LogP contribution in [0.2, 0.25) is 0 Å². The summed E-state index contributed by atoms with van der Waals surface area (Å²) < 4.78 is 29.2. The molecular formula is C13H17F2N5. The Kier molecular flexibility index (Phi) is 4.16. The van der Waals surface area contributed by atoms with Gasteiger partial charge in [0, 0.05) is 39.1 Å². The first-order valence-corrected chi connectivity index (χ1v) is 6.30. The number of rotatable bonds is 5. The van der Waals surface area contributed by atoms with E-state index < -0.39 is 11.6 Å². The molecule has 0 radical (unpaired) electrons. The molecule has 2 rings (SSSR count). The maximum absolute atomic E-state index is 13.9. The molecule has 0 aromatic carbocycles. The first-order chi connectivity index (χ1) is 9.52. The number of aromatic nitrogens is 3. The molecule has 0 aliphatic rings. The van der Waals surface area contributed by atoms with E-state index in [4.69, 9.17) is 0 Å². The summed E-state index contributed by atoms with van der Waals surface area (Å²) in [4.78, 5) is 9.76. The molecule has 0 aliphatic carbocycles. The molecule has 1 N–H and O–H groups in total. The molecule has 0 atom stereocenters. The number of halogens is 2. The van der Waals surface area contributed by atoms with Crippen molar-refractivity contribution in [3.05, 3.63) is 35.9 Å². The lowest BCUT2D eigenvalue weighted by Gasteiger charge is -2.19. The molecule has 0 aliphatic heterocycles. The third-order valence-corrected chi connectivity index (χ3v) is 2.92. The summed E-state index contributed by atoms with van der Waals surface area (Å²) in [5, 5.41) is 2.77. The third-order valence-electron chi connectivity index (χ3n) is 2.92. The van der Waals surface area contributed by atoms with E-state index in [-0.39, 0.29) is 11.6 Å². The number of imidazole rings is 1. The van der Waals surface area contributed by atoms with Crippen LogP contribution >= 0.6 is 0 Å². The highest BCUT2D eigenvalue weighted by Crippen LogP contribution is 2.22. The minimum absolute atomic E-state index is 0.0515. The maximum Gasteiger partial charge on any atom is 0.168 e. The zero-order valence-corrected chi connectivity index (χ0v) is 11.7. The minimum Gasteiger partial charge on any atom is -0.368 e. The van der Waals surface area contributed by atoms with Gasteiger partial charge in [0.15, 0.2) is 23.3 Å². The van der Waals surface area contributed by atoms with Crippen LogP contribution < -0.4 is 10.2 Å². The highest BCUT2D eigenvalue weighted by Gasteiger charge is 2.16. The van der Waals surface area contributed by atoms with Crippen molar-refractivity contribution >= 4 is 11.6 Å². The third kappa shape index (κ3) is 2.87. The van der Waals surface area contributed by atoms with Gasteiger partial charge in [0.25, 0.3) is 0 Å². The second-order valence-electron chi connectivity index (χ2n) is 4.46. The molecule has 0 saturated carbocycles. The molecule has 5 nitrogen and oxygen atoms in total. The van der Waals surface area contributed by atoms with Gasteiger partial charge in [-0.15, -0.1) is 0 Å². The second kappa shape index (κ2) is 5.85. The standard InChI is InChI=1S/C13H17F2N5/c1-4-16-12-9(14)7-10(15)13(18-12)20(3)8-11-17-5-6-19(11)2/h5-7H,4,8H2,1-3H3,(H,16,18). The molecule has 0 fully saturated rings. The van der Waals surface area contributed by atoms with Gasteiger partial charge in [0.2, 0.25) is 0 Å². The SMILES string of the molecule is CCNc1nc(N(C)Cc2nccn2C)c(F)cc1F. The molecule has 20 heavy (non-hydrogen) atoms. The van der Waals surface area contributed by atoms with Crippen LogP contribution in [0.1, 0.15) is 12.7 Å². The topological polar surface area (TPSA) is 46.0 Å². The number of hydrogen-bond donors (Lipinski definition) is 1. The Bertz CT molecular complexity index is 596. The lowest BCUT2D eigenvalue weighted by Crippen LogP contribution is -2.22. The quantitative estimate of drug-likeness (QED) is 0.912. The molecule has 2 heterocycles. The lowest BCUT2D eigenvalue weighted by molar-refractivity contribution is 0.571. The molecule has 0 amide bonds. The Labute approximate surface area is 116 Å².